The van der Waals surface area contributed by atoms with Crippen molar-refractivity contribution in [3.63, 3.8) is 0 Å². The van der Waals surface area contributed by atoms with Crippen LogP contribution in [0, 0.1) is 5.82 Å². The van der Waals surface area contributed by atoms with Crippen LogP contribution < -0.4 is 10.2 Å². The molecule has 0 saturated carbocycles. The second kappa shape index (κ2) is 6.19. The first-order valence-corrected chi connectivity index (χ1v) is 6.98. The predicted molar refractivity (Wildman–Crippen MR) is 74.7 cm³/mol. The van der Waals surface area contributed by atoms with Crippen molar-refractivity contribution in [2.75, 3.05) is 24.5 Å². The molecule has 3 heteroatoms. The van der Waals surface area contributed by atoms with Gasteiger partial charge in [-0.1, -0.05) is 13.0 Å². The molecular weight excluding hydrogens is 227 g/mol. The fraction of sp³-hybridized carbons (Fsp3) is 0.600. The van der Waals surface area contributed by atoms with E-state index in [0.29, 0.717) is 6.04 Å². The van der Waals surface area contributed by atoms with Gasteiger partial charge < -0.3 is 10.2 Å². The van der Waals surface area contributed by atoms with E-state index in [1.165, 1.54) is 12.0 Å². The van der Waals surface area contributed by atoms with Gasteiger partial charge in [-0.3, -0.25) is 0 Å². The Morgan fingerprint density at radius 2 is 2.22 bits per heavy atom. The summed E-state index contributed by atoms with van der Waals surface area (Å²) in [6, 6.07) is 5.64. The van der Waals surface area contributed by atoms with Crippen LogP contribution in [0.1, 0.15) is 32.3 Å². The quantitative estimate of drug-likeness (QED) is 0.781. The van der Waals surface area contributed by atoms with E-state index < -0.39 is 0 Å². The highest BCUT2D eigenvalue weighted by molar-refractivity contribution is 5.58. The summed E-state index contributed by atoms with van der Waals surface area (Å²) in [6.07, 6.45) is 3.32. The molecule has 0 fully saturated rings. The predicted octanol–water partition coefficient (Wildman–Crippen LogP) is 2.97. The third-order valence-corrected chi connectivity index (χ3v) is 3.68. The molecule has 0 spiro atoms. The average molecular weight is 250 g/mol. The third kappa shape index (κ3) is 3.02. The van der Waals surface area contributed by atoms with Crippen LogP contribution in [0.2, 0.25) is 0 Å². The highest BCUT2D eigenvalue weighted by Gasteiger charge is 2.23. The molecule has 1 N–H and O–H groups in total. The molecule has 18 heavy (non-hydrogen) atoms. The molecule has 1 aromatic carbocycles. The lowest BCUT2D eigenvalue weighted by molar-refractivity contribution is 0.555. The number of halogens is 1. The van der Waals surface area contributed by atoms with E-state index in [1.807, 2.05) is 6.07 Å². The average Bonchev–Trinajstić information content (AvgIpc) is 2.77. The molecule has 1 atom stereocenters. The topological polar surface area (TPSA) is 15.3 Å². The van der Waals surface area contributed by atoms with E-state index in [2.05, 4.69) is 24.1 Å². The van der Waals surface area contributed by atoms with Crippen LogP contribution in [0.4, 0.5) is 10.1 Å². The zero-order valence-corrected chi connectivity index (χ0v) is 11.4. The Balaban J connectivity index is 1.93. The summed E-state index contributed by atoms with van der Waals surface area (Å²) in [4.78, 5) is 2.34. The fourth-order valence-corrected chi connectivity index (χ4v) is 2.60. The maximum atomic E-state index is 13.3. The second-order valence-electron chi connectivity index (χ2n) is 5.10. The van der Waals surface area contributed by atoms with Crippen LogP contribution in [0.5, 0.6) is 0 Å². The largest absolute Gasteiger partial charge is 0.368 e. The molecule has 0 aliphatic carbocycles. The van der Waals surface area contributed by atoms with E-state index in [1.54, 1.807) is 12.1 Å². The Morgan fingerprint density at radius 1 is 1.39 bits per heavy atom. The molecule has 2 rings (SSSR count). The van der Waals surface area contributed by atoms with Crippen LogP contribution in [0.3, 0.4) is 0 Å². The summed E-state index contributed by atoms with van der Waals surface area (Å²) in [6.45, 7) is 7.55. The second-order valence-corrected chi connectivity index (χ2v) is 5.10. The van der Waals surface area contributed by atoms with Crippen LogP contribution in [0.25, 0.3) is 0 Å². The summed E-state index contributed by atoms with van der Waals surface area (Å²) in [5.41, 5.74) is 2.38. The monoisotopic (exact) mass is 250 g/mol. The molecular formula is C15H23FN2. The zero-order valence-electron chi connectivity index (χ0n) is 11.4. The lowest BCUT2D eigenvalue weighted by atomic mass is 10.1. The van der Waals surface area contributed by atoms with Crippen molar-refractivity contribution in [2.45, 2.75) is 39.2 Å². The number of nitrogens with zero attached hydrogens (tertiary/aromatic N) is 1. The number of hydrogen-bond acceptors (Lipinski definition) is 2. The normalized spacial score (nSPS) is 15.8. The number of rotatable bonds is 6. The Labute approximate surface area is 109 Å². The van der Waals surface area contributed by atoms with Crippen molar-refractivity contribution in [3.8, 4) is 0 Å². The van der Waals surface area contributed by atoms with Gasteiger partial charge in [-0.2, -0.15) is 0 Å². The van der Waals surface area contributed by atoms with Gasteiger partial charge in [-0.05, 0) is 57.0 Å². The summed E-state index contributed by atoms with van der Waals surface area (Å²) < 4.78 is 13.3. The third-order valence-electron chi connectivity index (χ3n) is 3.68. The molecule has 1 heterocycles. The van der Waals surface area contributed by atoms with Gasteiger partial charge in [-0.25, -0.2) is 4.39 Å². The first-order chi connectivity index (χ1) is 8.72. The molecule has 0 amide bonds. The van der Waals surface area contributed by atoms with Crippen LogP contribution in [0.15, 0.2) is 18.2 Å². The van der Waals surface area contributed by atoms with Gasteiger partial charge in [0.25, 0.3) is 0 Å². The highest BCUT2D eigenvalue weighted by Crippen LogP contribution is 2.30. The minimum atomic E-state index is -0.128. The van der Waals surface area contributed by atoms with Crippen molar-refractivity contribution in [3.05, 3.63) is 29.6 Å². The van der Waals surface area contributed by atoms with E-state index >= 15 is 0 Å². The van der Waals surface area contributed by atoms with Crippen molar-refractivity contribution >= 4 is 5.69 Å². The van der Waals surface area contributed by atoms with Gasteiger partial charge in [0, 0.05) is 18.3 Å². The van der Waals surface area contributed by atoms with E-state index in [9.17, 15) is 4.39 Å². The number of anilines is 1. The van der Waals surface area contributed by atoms with Crippen molar-refractivity contribution in [2.24, 2.45) is 0 Å². The molecule has 1 unspecified atom stereocenters. The molecule has 2 nitrogen and oxygen atoms in total. The van der Waals surface area contributed by atoms with Crippen LogP contribution in [-0.2, 0) is 6.42 Å². The fourth-order valence-electron chi connectivity index (χ4n) is 2.60. The smallest absolute Gasteiger partial charge is 0.125 e. The minimum Gasteiger partial charge on any atom is -0.368 e. The van der Waals surface area contributed by atoms with Gasteiger partial charge in [0.05, 0.1) is 0 Å². The summed E-state index contributed by atoms with van der Waals surface area (Å²) in [5, 5.41) is 3.42. The summed E-state index contributed by atoms with van der Waals surface area (Å²) in [5.74, 6) is -0.128. The molecule has 1 aliphatic heterocycles. The first kappa shape index (κ1) is 13.3. The number of benzene rings is 1. The van der Waals surface area contributed by atoms with E-state index in [0.717, 1.165) is 38.2 Å². The van der Waals surface area contributed by atoms with Crippen LogP contribution in [-0.4, -0.2) is 25.7 Å². The Morgan fingerprint density at radius 3 is 3.00 bits per heavy atom. The molecule has 100 valence electrons. The standard InChI is InChI=1S/C15H23FN2/c1-3-8-17-9-6-12(2)18-10-7-13-4-5-14(16)11-15(13)18/h4-5,11-12,17H,3,6-10H2,1-2H3. The maximum Gasteiger partial charge on any atom is 0.125 e. The van der Waals surface area contributed by atoms with Crippen molar-refractivity contribution in [1.82, 2.24) is 5.32 Å². The van der Waals surface area contributed by atoms with Gasteiger partial charge in [0.2, 0.25) is 0 Å². The molecule has 0 radical (unpaired) electrons. The SMILES string of the molecule is CCCNCCC(C)N1CCc2ccc(F)cc21. The van der Waals surface area contributed by atoms with Crippen molar-refractivity contribution < 1.29 is 4.39 Å². The number of nitrogens with one attached hydrogen (secondary N) is 1. The first-order valence-electron chi connectivity index (χ1n) is 6.98. The van der Waals surface area contributed by atoms with Gasteiger partial charge in [-0.15, -0.1) is 0 Å². The molecule has 1 aliphatic rings. The molecule has 0 bridgehead atoms. The Bertz CT molecular complexity index is 392. The van der Waals surface area contributed by atoms with Gasteiger partial charge in [0.1, 0.15) is 5.82 Å². The Hall–Kier alpha value is -1.09. The molecule has 0 saturated heterocycles. The maximum absolute atomic E-state index is 13.3. The van der Waals surface area contributed by atoms with Crippen molar-refractivity contribution in [1.29, 1.82) is 0 Å². The van der Waals surface area contributed by atoms with Gasteiger partial charge >= 0.3 is 0 Å². The van der Waals surface area contributed by atoms with Crippen LogP contribution >= 0.6 is 0 Å². The van der Waals surface area contributed by atoms with E-state index in [4.69, 9.17) is 0 Å². The number of hydrogen-bond donors (Lipinski definition) is 1. The highest BCUT2D eigenvalue weighted by atomic mass is 19.1. The van der Waals surface area contributed by atoms with E-state index in [-0.39, 0.29) is 5.82 Å². The van der Waals surface area contributed by atoms with Gasteiger partial charge in [0.15, 0.2) is 0 Å². The summed E-state index contributed by atoms with van der Waals surface area (Å²) >= 11 is 0. The zero-order chi connectivity index (χ0) is 13.0. The minimum absolute atomic E-state index is 0.128. The molecule has 1 aromatic rings. The molecule has 0 aromatic heterocycles. The Kier molecular flexibility index (Phi) is 4.59. The lowest BCUT2D eigenvalue weighted by Gasteiger charge is -2.27. The summed E-state index contributed by atoms with van der Waals surface area (Å²) in [7, 11) is 0. The lowest BCUT2D eigenvalue weighted by Crippen LogP contribution is -2.34. The number of fused-ring (bicyclic) bond motifs is 1.